The molecule has 0 amide bonds. The van der Waals surface area contributed by atoms with Crippen molar-refractivity contribution in [1.29, 1.82) is 0 Å². The molecule has 0 unspecified atom stereocenters. The molecule has 0 aliphatic carbocycles. The fourth-order valence-corrected chi connectivity index (χ4v) is 2.09. The minimum Gasteiger partial charge on any atom is -0.497 e. The van der Waals surface area contributed by atoms with E-state index in [1.807, 2.05) is 0 Å². The maximum atomic E-state index is 10.9. The number of hydrogen-bond acceptors (Lipinski definition) is 5. The van der Waals surface area contributed by atoms with Crippen molar-refractivity contribution in [1.82, 2.24) is 0 Å². The Labute approximate surface area is 138 Å². The fraction of sp³-hybridized carbons (Fsp3) is 0.133. The van der Waals surface area contributed by atoms with E-state index in [0.717, 1.165) is 11.4 Å². The van der Waals surface area contributed by atoms with Crippen LogP contribution in [-0.4, -0.2) is 24.3 Å². The standard InChI is InChI=1S/C15H15N3O4S/c1-21-12-6-3-10(4-7-12)16-15(23)17-13-9-11(18(19)20)5-8-14(13)22-2/h3-9H,1-2H3,(H2,16,17,23). The van der Waals surface area contributed by atoms with E-state index < -0.39 is 4.92 Å². The summed E-state index contributed by atoms with van der Waals surface area (Å²) < 4.78 is 10.3. The van der Waals surface area contributed by atoms with Crippen molar-refractivity contribution in [2.45, 2.75) is 0 Å². The molecule has 0 aliphatic heterocycles. The van der Waals surface area contributed by atoms with Gasteiger partial charge < -0.3 is 20.1 Å². The number of thiocarbonyl (C=S) groups is 1. The Bertz CT molecular complexity index is 719. The van der Waals surface area contributed by atoms with Gasteiger partial charge in [-0.25, -0.2) is 0 Å². The molecule has 0 saturated heterocycles. The molecule has 0 fully saturated rings. The number of methoxy groups -OCH3 is 2. The van der Waals surface area contributed by atoms with Gasteiger partial charge in [0.1, 0.15) is 11.5 Å². The van der Waals surface area contributed by atoms with E-state index >= 15 is 0 Å². The van der Waals surface area contributed by atoms with Crippen LogP contribution in [0.2, 0.25) is 0 Å². The third kappa shape index (κ3) is 4.30. The largest absolute Gasteiger partial charge is 0.497 e. The summed E-state index contributed by atoms with van der Waals surface area (Å²) in [6.45, 7) is 0. The SMILES string of the molecule is COc1ccc(NC(=S)Nc2cc([N+](=O)[O-])ccc2OC)cc1. The van der Waals surface area contributed by atoms with Crippen molar-refractivity contribution in [3.63, 3.8) is 0 Å². The summed E-state index contributed by atoms with van der Waals surface area (Å²) in [5.41, 5.74) is 1.11. The van der Waals surface area contributed by atoms with Gasteiger partial charge in [-0.05, 0) is 42.5 Å². The second-order valence-electron chi connectivity index (χ2n) is 4.45. The lowest BCUT2D eigenvalue weighted by Crippen LogP contribution is -2.19. The summed E-state index contributed by atoms with van der Waals surface area (Å²) in [6, 6.07) is 11.4. The minimum absolute atomic E-state index is 0.0550. The average molecular weight is 333 g/mol. The molecule has 120 valence electrons. The summed E-state index contributed by atoms with van der Waals surface area (Å²) in [6.07, 6.45) is 0. The molecule has 7 nitrogen and oxygen atoms in total. The normalized spacial score (nSPS) is 9.83. The Hall–Kier alpha value is -2.87. The predicted molar refractivity (Wildman–Crippen MR) is 92.5 cm³/mol. The molecular weight excluding hydrogens is 318 g/mol. The molecule has 2 aromatic carbocycles. The summed E-state index contributed by atoms with van der Waals surface area (Å²) >= 11 is 5.22. The highest BCUT2D eigenvalue weighted by atomic mass is 32.1. The monoisotopic (exact) mass is 333 g/mol. The van der Waals surface area contributed by atoms with Gasteiger partial charge in [0.05, 0.1) is 24.8 Å². The van der Waals surface area contributed by atoms with Crippen molar-refractivity contribution in [2.75, 3.05) is 24.9 Å². The quantitative estimate of drug-likeness (QED) is 0.492. The molecule has 2 aromatic rings. The first kappa shape index (κ1) is 16.5. The number of benzene rings is 2. The zero-order valence-corrected chi connectivity index (χ0v) is 13.3. The minimum atomic E-state index is -0.482. The second kappa shape index (κ2) is 7.41. The number of ether oxygens (including phenoxy) is 2. The highest BCUT2D eigenvalue weighted by molar-refractivity contribution is 7.80. The van der Waals surface area contributed by atoms with Gasteiger partial charge in [0.15, 0.2) is 5.11 Å². The fourth-order valence-electron chi connectivity index (χ4n) is 1.87. The Morgan fingerprint density at radius 1 is 1.09 bits per heavy atom. The lowest BCUT2D eigenvalue weighted by atomic mass is 10.2. The maximum Gasteiger partial charge on any atom is 0.271 e. The smallest absolute Gasteiger partial charge is 0.271 e. The summed E-state index contributed by atoms with van der Waals surface area (Å²) in [4.78, 5) is 10.4. The number of non-ortho nitro benzene ring substituents is 1. The Balaban J connectivity index is 2.12. The van der Waals surface area contributed by atoms with Gasteiger partial charge >= 0.3 is 0 Å². The summed E-state index contributed by atoms with van der Waals surface area (Å²) in [7, 11) is 3.06. The first-order valence-corrected chi connectivity index (χ1v) is 6.99. The van der Waals surface area contributed by atoms with Crippen molar-refractivity contribution >= 4 is 34.4 Å². The number of anilines is 2. The molecule has 0 atom stereocenters. The third-order valence-corrected chi connectivity index (χ3v) is 3.19. The van der Waals surface area contributed by atoms with Crippen molar-refractivity contribution in [2.24, 2.45) is 0 Å². The van der Waals surface area contributed by atoms with Crippen molar-refractivity contribution in [3.05, 3.63) is 52.6 Å². The van der Waals surface area contributed by atoms with Gasteiger partial charge in [0.2, 0.25) is 0 Å². The number of hydrogen-bond donors (Lipinski definition) is 2. The molecule has 0 heterocycles. The number of nitrogens with one attached hydrogen (secondary N) is 2. The topological polar surface area (TPSA) is 85.7 Å². The number of nitrogens with zero attached hydrogens (tertiary/aromatic N) is 1. The van der Waals surface area contributed by atoms with E-state index in [1.54, 1.807) is 31.4 Å². The van der Waals surface area contributed by atoms with E-state index in [1.165, 1.54) is 25.3 Å². The van der Waals surface area contributed by atoms with Crippen LogP contribution in [0.4, 0.5) is 17.1 Å². The second-order valence-corrected chi connectivity index (χ2v) is 4.86. The van der Waals surface area contributed by atoms with E-state index in [9.17, 15) is 10.1 Å². The van der Waals surface area contributed by atoms with Crippen LogP contribution < -0.4 is 20.1 Å². The maximum absolute atomic E-state index is 10.9. The molecule has 0 spiro atoms. The van der Waals surface area contributed by atoms with Gasteiger partial charge in [0.25, 0.3) is 5.69 Å². The molecule has 0 aromatic heterocycles. The zero-order chi connectivity index (χ0) is 16.8. The summed E-state index contributed by atoms with van der Waals surface area (Å²) in [5, 5.41) is 17.0. The van der Waals surface area contributed by atoms with E-state index in [2.05, 4.69) is 10.6 Å². The van der Waals surface area contributed by atoms with Crippen molar-refractivity contribution in [3.8, 4) is 11.5 Å². The molecular formula is C15H15N3O4S. The van der Waals surface area contributed by atoms with E-state index in [0.29, 0.717) is 11.4 Å². The van der Waals surface area contributed by atoms with Crippen molar-refractivity contribution < 1.29 is 14.4 Å². The Morgan fingerprint density at radius 3 is 2.35 bits per heavy atom. The third-order valence-electron chi connectivity index (χ3n) is 2.99. The summed E-state index contributed by atoms with van der Waals surface area (Å²) in [5.74, 6) is 1.18. The van der Waals surface area contributed by atoms with E-state index in [4.69, 9.17) is 21.7 Å². The van der Waals surface area contributed by atoms with Crippen LogP contribution in [0.3, 0.4) is 0 Å². The molecule has 0 radical (unpaired) electrons. The Kier molecular flexibility index (Phi) is 5.32. The van der Waals surface area contributed by atoms with Gasteiger partial charge in [-0.1, -0.05) is 0 Å². The molecule has 8 heteroatoms. The molecule has 2 rings (SSSR count). The van der Waals surface area contributed by atoms with E-state index in [-0.39, 0.29) is 10.8 Å². The molecule has 0 bridgehead atoms. The number of nitro benzene ring substituents is 1. The molecule has 2 N–H and O–H groups in total. The average Bonchev–Trinajstić information content (AvgIpc) is 2.55. The number of nitro groups is 1. The lowest BCUT2D eigenvalue weighted by Gasteiger charge is -2.13. The number of rotatable bonds is 5. The molecule has 0 saturated carbocycles. The van der Waals surface area contributed by atoms with Gasteiger partial charge in [-0.3, -0.25) is 10.1 Å². The highest BCUT2D eigenvalue weighted by Gasteiger charge is 2.12. The highest BCUT2D eigenvalue weighted by Crippen LogP contribution is 2.29. The van der Waals surface area contributed by atoms with Gasteiger partial charge in [-0.15, -0.1) is 0 Å². The van der Waals surface area contributed by atoms with Crippen LogP contribution >= 0.6 is 12.2 Å². The lowest BCUT2D eigenvalue weighted by molar-refractivity contribution is -0.384. The first-order valence-electron chi connectivity index (χ1n) is 6.58. The van der Waals surface area contributed by atoms with Gasteiger partial charge in [-0.2, -0.15) is 0 Å². The molecule has 0 aliphatic rings. The Morgan fingerprint density at radius 2 is 1.78 bits per heavy atom. The predicted octanol–water partition coefficient (Wildman–Crippen LogP) is 3.42. The molecule has 23 heavy (non-hydrogen) atoms. The van der Waals surface area contributed by atoms with Crippen LogP contribution in [0, 0.1) is 10.1 Å². The van der Waals surface area contributed by atoms with Crippen LogP contribution in [0.25, 0.3) is 0 Å². The van der Waals surface area contributed by atoms with Crippen LogP contribution in [-0.2, 0) is 0 Å². The van der Waals surface area contributed by atoms with Crippen LogP contribution in [0.15, 0.2) is 42.5 Å². The van der Waals surface area contributed by atoms with Crippen LogP contribution in [0.1, 0.15) is 0 Å². The zero-order valence-electron chi connectivity index (χ0n) is 12.5. The first-order chi connectivity index (χ1) is 11.0. The van der Waals surface area contributed by atoms with Gasteiger partial charge in [0, 0.05) is 17.8 Å². The van der Waals surface area contributed by atoms with Crippen LogP contribution in [0.5, 0.6) is 11.5 Å².